The smallest absolute Gasteiger partial charge is 0.341 e. The second-order valence-corrected chi connectivity index (χ2v) is 11.0. The van der Waals surface area contributed by atoms with Gasteiger partial charge in [-0.15, -0.1) is 11.3 Å². The molecule has 3 aromatic carbocycles. The molecule has 1 aliphatic heterocycles. The van der Waals surface area contributed by atoms with Crippen LogP contribution >= 0.6 is 11.3 Å². The Kier molecular flexibility index (Phi) is 7.58. The Hall–Kier alpha value is -4.07. The van der Waals surface area contributed by atoms with Gasteiger partial charge in [0.25, 0.3) is 0 Å². The van der Waals surface area contributed by atoms with Crippen molar-refractivity contribution in [2.75, 3.05) is 13.2 Å². The number of aromatic nitrogens is 1. The number of thiophene rings is 1. The maximum Gasteiger partial charge on any atom is 0.341 e. The van der Waals surface area contributed by atoms with Crippen molar-refractivity contribution in [3.8, 4) is 0 Å². The predicted octanol–water partition coefficient (Wildman–Crippen LogP) is 7.38. The average molecular weight is 552 g/mol. The third-order valence-electron chi connectivity index (χ3n) is 7.28. The summed E-state index contributed by atoms with van der Waals surface area (Å²) in [5.41, 5.74) is 5.47. The number of aliphatic imine (C=N–C) groups is 1. The van der Waals surface area contributed by atoms with Gasteiger partial charge in [-0.1, -0.05) is 66.7 Å². The minimum absolute atomic E-state index is 0.222. The van der Waals surface area contributed by atoms with Crippen LogP contribution in [0.3, 0.4) is 0 Å². The number of nitrogens with zero attached hydrogens (tertiary/aromatic N) is 3. The molecule has 0 aliphatic carbocycles. The molecule has 0 saturated heterocycles. The number of benzene rings is 3. The summed E-state index contributed by atoms with van der Waals surface area (Å²) in [5, 5.41) is 1.70. The van der Waals surface area contributed by atoms with Gasteiger partial charge < -0.3 is 9.30 Å². The number of hydrogen-bond acceptors (Lipinski definition) is 5. The van der Waals surface area contributed by atoms with Crippen LogP contribution in [0.25, 0.3) is 10.9 Å². The zero-order chi connectivity index (χ0) is 27.5. The molecule has 7 heteroatoms. The van der Waals surface area contributed by atoms with Crippen LogP contribution in [-0.2, 0) is 30.8 Å². The van der Waals surface area contributed by atoms with Gasteiger partial charge >= 0.3 is 5.97 Å². The number of halogens is 1. The first kappa shape index (κ1) is 26.2. The van der Waals surface area contributed by atoms with Crippen molar-refractivity contribution in [2.24, 2.45) is 4.99 Å². The molecule has 0 fully saturated rings. The van der Waals surface area contributed by atoms with E-state index in [1.165, 1.54) is 16.5 Å². The Bertz CT molecular complexity index is 1690. The van der Waals surface area contributed by atoms with Crippen LogP contribution < -0.4 is 0 Å². The summed E-state index contributed by atoms with van der Waals surface area (Å²) in [6.45, 7) is 5.07. The first-order chi connectivity index (χ1) is 19.6. The van der Waals surface area contributed by atoms with Gasteiger partial charge in [-0.2, -0.15) is 0 Å². The number of rotatable bonds is 8. The SMILES string of the molecule is CCOC(=O)c1c(N=Cc2cn(Cc3ccccc3F)c3ccccc23)sc2c1CCN(Cc1ccccc1)C2. The highest BCUT2D eigenvalue weighted by Gasteiger charge is 2.28. The zero-order valence-corrected chi connectivity index (χ0v) is 23.2. The fourth-order valence-electron chi connectivity index (χ4n) is 5.37. The third kappa shape index (κ3) is 5.35. The number of esters is 1. The van der Waals surface area contributed by atoms with Crippen LogP contribution in [0.15, 0.2) is 90.1 Å². The molecule has 2 aromatic heterocycles. The van der Waals surface area contributed by atoms with Crippen molar-refractivity contribution in [1.29, 1.82) is 0 Å². The molecule has 0 bridgehead atoms. The van der Waals surface area contributed by atoms with E-state index >= 15 is 0 Å². The van der Waals surface area contributed by atoms with E-state index in [2.05, 4.69) is 29.2 Å². The normalized spacial score (nSPS) is 13.7. The molecule has 0 radical (unpaired) electrons. The molecule has 5 aromatic rings. The topological polar surface area (TPSA) is 46.8 Å². The molecule has 3 heterocycles. The van der Waals surface area contributed by atoms with E-state index in [1.54, 1.807) is 23.5 Å². The summed E-state index contributed by atoms with van der Waals surface area (Å²) in [4.78, 5) is 21.5. The van der Waals surface area contributed by atoms with Crippen molar-refractivity contribution in [2.45, 2.75) is 33.0 Å². The Morgan fingerprint density at radius 3 is 2.62 bits per heavy atom. The van der Waals surface area contributed by atoms with Gasteiger partial charge in [0.15, 0.2) is 0 Å². The van der Waals surface area contributed by atoms with Gasteiger partial charge in [-0.25, -0.2) is 14.2 Å². The molecule has 0 amide bonds. The Balaban J connectivity index is 1.33. The van der Waals surface area contributed by atoms with Crippen molar-refractivity contribution < 1.29 is 13.9 Å². The van der Waals surface area contributed by atoms with Crippen LogP contribution in [0.1, 0.15) is 44.4 Å². The number of para-hydroxylation sites is 1. The molecule has 1 aliphatic rings. The number of hydrogen-bond donors (Lipinski definition) is 0. The van der Waals surface area contributed by atoms with Crippen molar-refractivity contribution >= 4 is 39.4 Å². The van der Waals surface area contributed by atoms with Gasteiger partial charge in [0, 0.05) is 59.0 Å². The molecule has 0 saturated carbocycles. The molecule has 5 nitrogen and oxygen atoms in total. The lowest BCUT2D eigenvalue weighted by atomic mass is 10.0. The highest BCUT2D eigenvalue weighted by atomic mass is 32.1. The van der Waals surface area contributed by atoms with Crippen molar-refractivity contribution in [1.82, 2.24) is 9.47 Å². The Labute approximate surface area is 237 Å². The van der Waals surface area contributed by atoms with E-state index in [0.717, 1.165) is 48.1 Å². The molecule has 0 N–H and O–H groups in total. The largest absolute Gasteiger partial charge is 0.462 e. The molecule has 6 rings (SSSR count). The van der Waals surface area contributed by atoms with E-state index in [1.807, 2.05) is 60.3 Å². The molecule has 0 atom stereocenters. The lowest BCUT2D eigenvalue weighted by Crippen LogP contribution is -2.29. The summed E-state index contributed by atoms with van der Waals surface area (Å²) >= 11 is 1.57. The first-order valence-corrected chi connectivity index (χ1v) is 14.4. The van der Waals surface area contributed by atoms with Crippen LogP contribution in [0.4, 0.5) is 9.39 Å². The quantitative estimate of drug-likeness (QED) is 0.149. The van der Waals surface area contributed by atoms with Gasteiger partial charge in [-0.3, -0.25) is 4.90 Å². The number of carbonyl (C=O) groups is 1. The monoisotopic (exact) mass is 551 g/mol. The third-order valence-corrected chi connectivity index (χ3v) is 8.41. The van der Waals surface area contributed by atoms with E-state index < -0.39 is 0 Å². The van der Waals surface area contributed by atoms with E-state index in [9.17, 15) is 9.18 Å². The Morgan fingerprint density at radius 2 is 1.80 bits per heavy atom. The lowest BCUT2D eigenvalue weighted by Gasteiger charge is -2.27. The van der Waals surface area contributed by atoms with E-state index in [4.69, 9.17) is 9.73 Å². The summed E-state index contributed by atoms with van der Waals surface area (Å²) in [6.07, 6.45) is 4.60. The number of carbonyl (C=O) groups excluding carboxylic acids is 1. The fraction of sp³-hybridized carbons (Fsp3) is 0.212. The molecular weight excluding hydrogens is 521 g/mol. The Morgan fingerprint density at radius 1 is 1.02 bits per heavy atom. The second kappa shape index (κ2) is 11.6. The fourth-order valence-corrected chi connectivity index (χ4v) is 6.59. The van der Waals surface area contributed by atoms with E-state index in [-0.39, 0.29) is 11.8 Å². The van der Waals surface area contributed by atoms with Gasteiger partial charge in [0.1, 0.15) is 10.8 Å². The highest BCUT2D eigenvalue weighted by Crippen LogP contribution is 2.40. The van der Waals surface area contributed by atoms with Crippen molar-refractivity contribution in [3.05, 3.63) is 124 Å². The van der Waals surface area contributed by atoms with Crippen LogP contribution in [0.5, 0.6) is 0 Å². The second-order valence-electron chi connectivity index (χ2n) is 9.93. The summed E-state index contributed by atoms with van der Waals surface area (Å²) in [6, 6.07) is 25.3. The van der Waals surface area contributed by atoms with Gasteiger partial charge in [-0.05, 0) is 36.6 Å². The van der Waals surface area contributed by atoms with E-state index in [0.29, 0.717) is 29.3 Å². The standard InChI is InChI=1S/C33H30FN3O2S/c1-2-39-33(38)31-27-16-17-36(19-23-10-4-3-5-11-23)22-30(27)40-32(31)35-18-25-21-37(29-15-9-7-13-26(25)29)20-24-12-6-8-14-28(24)34/h3-15,18,21H,2,16-17,19-20,22H2,1H3. The minimum Gasteiger partial charge on any atom is -0.462 e. The van der Waals surface area contributed by atoms with Crippen molar-refractivity contribution in [3.63, 3.8) is 0 Å². The molecule has 0 unspecified atom stereocenters. The molecule has 202 valence electrons. The van der Waals surface area contributed by atoms with Crippen LogP contribution in [0.2, 0.25) is 0 Å². The maximum absolute atomic E-state index is 14.4. The van der Waals surface area contributed by atoms with Crippen LogP contribution in [0, 0.1) is 5.82 Å². The highest BCUT2D eigenvalue weighted by molar-refractivity contribution is 7.16. The summed E-state index contributed by atoms with van der Waals surface area (Å²) in [7, 11) is 0. The predicted molar refractivity (Wildman–Crippen MR) is 159 cm³/mol. The average Bonchev–Trinajstić information content (AvgIpc) is 3.51. The minimum atomic E-state index is -0.314. The number of fused-ring (bicyclic) bond motifs is 2. The van der Waals surface area contributed by atoms with Gasteiger partial charge in [0.2, 0.25) is 0 Å². The number of ether oxygens (including phenoxy) is 1. The maximum atomic E-state index is 14.4. The molecular formula is C33H30FN3O2S. The lowest BCUT2D eigenvalue weighted by molar-refractivity contribution is 0.0526. The molecule has 0 spiro atoms. The summed E-state index contributed by atoms with van der Waals surface area (Å²) in [5.74, 6) is -0.536. The van der Waals surface area contributed by atoms with Crippen LogP contribution in [-0.4, -0.2) is 34.8 Å². The zero-order valence-electron chi connectivity index (χ0n) is 22.3. The summed E-state index contributed by atoms with van der Waals surface area (Å²) < 4.78 is 21.9. The molecule has 40 heavy (non-hydrogen) atoms. The first-order valence-electron chi connectivity index (χ1n) is 13.5. The van der Waals surface area contributed by atoms with Gasteiger partial charge in [0.05, 0.1) is 18.7 Å².